The highest BCUT2D eigenvalue weighted by Gasteiger charge is 2.36. The number of carbonyl (C=O) groups excluding carboxylic acids is 1. The number of H-pyrrole nitrogens is 1. The van der Waals surface area contributed by atoms with Crippen LogP contribution in [0.2, 0.25) is 0 Å². The van der Waals surface area contributed by atoms with E-state index in [0.717, 1.165) is 11.3 Å². The van der Waals surface area contributed by atoms with Gasteiger partial charge in [0.1, 0.15) is 12.4 Å². The molecule has 36 heavy (non-hydrogen) atoms. The molecule has 1 aromatic carbocycles. The first kappa shape index (κ1) is 26.3. The van der Waals surface area contributed by atoms with Gasteiger partial charge in [0.15, 0.2) is 0 Å². The second kappa shape index (κ2) is 11.5. The second-order valence-electron chi connectivity index (χ2n) is 8.77. The van der Waals surface area contributed by atoms with Crippen LogP contribution in [0.15, 0.2) is 30.3 Å². The normalized spacial score (nSPS) is 21.4. The van der Waals surface area contributed by atoms with Crippen LogP contribution in [0.4, 0.5) is 18.0 Å². The highest BCUT2D eigenvalue weighted by molar-refractivity contribution is 7.85. The van der Waals surface area contributed by atoms with Gasteiger partial charge in [-0.3, -0.25) is 9.31 Å². The van der Waals surface area contributed by atoms with Crippen molar-refractivity contribution in [2.75, 3.05) is 58.0 Å². The SMILES string of the molecule is COCCOc1cc(C2CC(c3ccc(OC(F)(F)F)cc3)CN(C(=O)N3CCS(=O)CC3)C2)[nH]n1. The molecule has 198 valence electrons. The van der Waals surface area contributed by atoms with E-state index in [1.165, 1.54) is 12.1 Å². The van der Waals surface area contributed by atoms with Gasteiger partial charge in [-0.05, 0) is 24.1 Å². The lowest BCUT2D eigenvalue weighted by atomic mass is 9.83. The number of carbonyl (C=O) groups is 1. The monoisotopic (exact) mass is 530 g/mol. The fourth-order valence-electron chi connectivity index (χ4n) is 4.52. The topological polar surface area (TPSA) is 97.0 Å². The zero-order valence-corrected chi connectivity index (χ0v) is 20.6. The number of nitrogens with zero attached hydrogens (tertiary/aromatic N) is 3. The molecule has 2 unspecified atom stereocenters. The smallest absolute Gasteiger partial charge is 0.474 e. The van der Waals surface area contributed by atoms with Gasteiger partial charge in [0, 0.05) is 79.2 Å². The molecule has 0 aliphatic carbocycles. The predicted molar refractivity (Wildman–Crippen MR) is 126 cm³/mol. The highest BCUT2D eigenvalue weighted by Crippen LogP contribution is 2.37. The van der Waals surface area contributed by atoms with Crippen molar-refractivity contribution in [3.63, 3.8) is 0 Å². The van der Waals surface area contributed by atoms with E-state index in [-0.39, 0.29) is 23.6 Å². The Morgan fingerprint density at radius 1 is 1.11 bits per heavy atom. The van der Waals surface area contributed by atoms with Crippen molar-refractivity contribution in [3.8, 4) is 11.6 Å². The summed E-state index contributed by atoms with van der Waals surface area (Å²) in [5.74, 6) is 0.831. The summed E-state index contributed by atoms with van der Waals surface area (Å²) in [6.07, 6.45) is -4.10. The Kier molecular flexibility index (Phi) is 8.39. The van der Waals surface area contributed by atoms with Crippen LogP contribution in [0.25, 0.3) is 0 Å². The molecule has 9 nitrogen and oxygen atoms in total. The van der Waals surface area contributed by atoms with E-state index >= 15 is 0 Å². The van der Waals surface area contributed by atoms with Crippen LogP contribution in [-0.2, 0) is 15.5 Å². The van der Waals surface area contributed by atoms with Gasteiger partial charge in [-0.2, -0.15) is 0 Å². The van der Waals surface area contributed by atoms with Crippen molar-refractivity contribution in [2.45, 2.75) is 24.6 Å². The van der Waals surface area contributed by atoms with Crippen LogP contribution in [0.5, 0.6) is 11.6 Å². The van der Waals surface area contributed by atoms with Crippen LogP contribution >= 0.6 is 0 Å². The molecule has 0 radical (unpaired) electrons. The van der Waals surface area contributed by atoms with Gasteiger partial charge in [0.2, 0.25) is 5.88 Å². The molecule has 1 N–H and O–H groups in total. The number of halogens is 3. The number of urea groups is 1. The third-order valence-corrected chi connectivity index (χ3v) is 7.58. The molecule has 0 saturated carbocycles. The van der Waals surface area contributed by atoms with E-state index in [4.69, 9.17) is 9.47 Å². The molecule has 0 spiro atoms. The molecule has 13 heteroatoms. The lowest BCUT2D eigenvalue weighted by Crippen LogP contribution is -2.52. The molecule has 2 aromatic rings. The summed E-state index contributed by atoms with van der Waals surface area (Å²) in [5, 5.41) is 7.20. The Morgan fingerprint density at radius 2 is 1.81 bits per heavy atom. The first-order valence-corrected chi connectivity index (χ1v) is 13.1. The number of piperidine rings is 1. The summed E-state index contributed by atoms with van der Waals surface area (Å²) in [7, 11) is 0.671. The quantitative estimate of drug-likeness (QED) is 0.553. The molecule has 1 aromatic heterocycles. The highest BCUT2D eigenvalue weighted by atomic mass is 32.2. The number of hydrogen-bond acceptors (Lipinski definition) is 6. The maximum atomic E-state index is 13.3. The van der Waals surface area contributed by atoms with Crippen LogP contribution < -0.4 is 9.47 Å². The zero-order chi connectivity index (χ0) is 25.7. The number of amides is 2. The number of methoxy groups -OCH3 is 1. The molecule has 2 atom stereocenters. The van der Waals surface area contributed by atoms with Crippen molar-refractivity contribution >= 4 is 16.8 Å². The van der Waals surface area contributed by atoms with E-state index in [2.05, 4.69) is 14.9 Å². The summed E-state index contributed by atoms with van der Waals surface area (Å²) < 4.78 is 64.0. The average Bonchev–Trinajstić information content (AvgIpc) is 3.32. The first-order chi connectivity index (χ1) is 17.2. The number of benzene rings is 1. The predicted octanol–water partition coefficient (Wildman–Crippen LogP) is 3.09. The van der Waals surface area contributed by atoms with E-state index in [0.29, 0.717) is 63.2 Å². The molecule has 3 heterocycles. The summed E-state index contributed by atoms with van der Waals surface area (Å²) in [4.78, 5) is 16.8. The number of alkyl halides is 3. The van der Waals surface area contributed by atoms with Crippen LogP contribution in [0.3, 0.4) is 0 Å². The molecule has 4 rings (SSSR count). The summed E-state index contributed by atoms with van der Waals surface area (Å²) in [5.41, 5.74) is 1.62. The van der Waals surface area contributed by atoms with E-state index < -0.39 is 17.2 Å². The fraction of sp³-hybridized carbons (Fsp3) is 0.565. The standard InChI is InChI=1S/C23H29F3N4O5S/c1-33-8-9-34-21-13-20(27-28-21)18-12-17(16-2-4-19(5-3-16)35-23(24,25)26)14-30(15-18)22(31)29-6-10-36(32)11-7-29/h2-5,13,17-18H,6-12,14-15H2,1H3,(H,27,28). The lowest BCUT2D eigenvalue weighted by molar-refractivity contribution is -0.274. The Bertz CT molecular complexity index is 1040. The van der Waals surface area contributed by atoms with Crippen molar-refractivity contribution in [2.24, 2.45) is 0 Å². The van der Waals surface area contributed by atoms with Crippen LogP contribution in [-0.4, -0.2) is 94.6 Å². The summed E-state index contributed by atoms with van der Waals surface area (Å²) in [6, 6.07) is 7.46. The van der Waals surface area contributed by atoms with Crippen molar-refractivity contribution in [1.82, 2.24) is 20.0 Å². The van der Waals surface area contributed by atoms with E-state index in [1.807, 2.05) is 0 Å². The van der Waals surface area contributed by atoms with Crippen molar-refractivity contribution < 1.29 is 36.4 Å². The Morgan fingerprint density at radius 3 is 2.47 bits per heavy atom. The van der Waals surface area contributed by atoms with Gasteiger partial charge >= 0.3 is 12.4 Å². The fourth-order valence-corrected chi connectivity index (χ4v) is 5.57. The number of nitrogens with one attached hydrogen (secondary N) is 1. The number of rotatable bonds is 7. The molecule has 2 fully saturated rings. The minimum absolute atomic E-state index is 0.0926. The number of hydrogen-bond donors (Lipinski definition) is 1. The molecular weight excluding hydrogens is 501 g/mol. The molecule has 2 amide bonds. The lowest BCUT2D eigenvalue weighted by Gasteiger charge is -2.40. The van der Waals surface area contributed by atoms with Crippen molar-refractivity contribution in [3.05, 3.63) is 41.6 Å². The van der Waals surface area contributed by atoms with Crippen LogP contribution in [0.1, 0.15) is 29.5 Å². The van der Waals surface area contributed by atoms with Crippen molar-refractivity contribution in [1.29, 1.82) is 0 Å². The minimum atomic E-state index is -4.76. The van der Waals surface area contributed by atoms with Crippen LogP contribution in [0, 0.1) is 0 Å². The number of ether oxygens (including phenoxy) is 3. The maximum Gasteiger partial charge on any atom is 0.573 e. The zero-order valence-electron chi connectivity index (χ0n) is 19.8. The molecule has 2 aliphatic rings. The number of aromatic nitrogens is 2. The third kappa shape index (κ3) is 6.90. The van der Waals surface area contributed by atoms with E-state index in [9.17, 15) is 22.2 Å². The summed E-state index contributed by atoms with van der Waals surface area (Å²) >= 11 is 0. The Labute approximate surface area is 209 Å². The largest absolute Gasteiger partial charge is 0.573 e. The minimum Gasteiger partial charge on any atom is -0.474 e. The molecule has 0 bridgehead atoms. The third-order valence-electron chi connectivity index (χ3n) is 6.31. The maximum absolute atomic E-state index is 13.3. The number of likely N-dealkylation sites (tertiary alicyclic amines) is 1. The molecular formula is C23H29F3N4O5S. The van der Waals surface area contributed by atoms with Gasteiger partial charge in [-0.25, -0.2) is 4.79 Å². The Hall–Kier alpha value is -2.80. The molecule has 2 saturated heterocycles. The van der Waals surface area contributed by atoms with Gasteiger partial charge in [0.05, 0.1) is 6.61 Å². The number of aromatic amines is 1. The van der Waals surface area contributed by atoms with E-state index in [1.54, 1.807) is 35.1 Å². The van der Waals surface area contributed by atoms with Gasteiger partial charge < -0.3 is 24.0 Å². The average molecular weight is 531 g/mol. The van der Waals surface area contributed by atoms with Gasteiger partial charge in [-0.1, -0.05) is 12.1 Å². The van der Waals surface area contributed by atoms with Gasteiger partial charge in [0.25, 0.3) is 0 Å². The van der Waals surface area contributed by atoms with Gasteiger partial charge in [-0.15, -0.1) is 18.3 Å². The summed E-state index contributed by atoms with van der Waals surface area (Å²) in [6.45, 7) is 2.50. The Balaban J connectivity index is 1.52. The molecule has 2 aliphatic heterocycles. The first-order valence-electron chi connectivity index (χ1n) is 11.6. The second-order valence-corrected chi connectivity index (χ2v) is 10.5.